The van der Waals surface area contributed by atoms with E-state index in [-0.39, 0.29) is 11.7 Å². The summed E-state index contributed by atoms with van der Waals surface area (Å²) >= 11 is 0. The van der Waals surface area contributed by atoms with Gasteiger partial charge in [0.2, 0.25) is 5.91 Å². The molecule has 0 radical (unpaired) electrons. The van der Waals surface area contributed by atoms with Gasteiger partial charge in [-0.05, 0) is 60.5 Å². The van der Waals surface area contributed by atoms with Gasteiger partial charge in [-0.3, -0.25) is 14.4 Å². The average Bonchev–Trinajstić information content (AvgIpc) is 3.37. The molecular weight excluding hydrogens is 432 g/mol. The van der Waals surface area contributed by atoms with Crippen molar-refractivity contribution in [3.63, 3.8) is 0 Å². The van der Waals surface area contributed by atoms with Crippen LogP contribution in [0.25, 0.3) is 0 Å². The van der Waals surface area contributed by atoms with E-state index in [1.54, 1.807) is 53.6 Å². The van der Waals surface area contributed by atoms with Gasteiger partial charge in [-0.2, -0.15) is 0 Å². The van der Waals surface area contributed by atoms with Crippen LogP contribution < -0.4 is 14.7 Å². The summed E-state index contributed by atoms with van der Waals surface area (Å²) < 4.78 is 5.70. The number of hydroxylamine groups is 1. The Balaban J connectivity index is 1.46. The molecule has 0 bridgehead atoms. The molecule has 2 saturated heterocycles. The number of aromatic hydroxyl groups is 1. The van der Waals surface area contributed by atoms with Crippen molar-refractivity contribution in [3.05, 3.63) is 84.4 Å². The van der Waals surface area contributed by atoms with Gasteiger partial charge in [-0.15, -0.1) is 0 Å². The lowest BCUT2D eigenvalue weighted by molar-refractivity contribution is -0.126. The SMILES string of the molecule is CCCCOc1ccc(N2C(=O)[C@H]3[C@@H](ON(c4ccccc4)[C@H]3c3ccc(O)cc3)C2=O)cc1. The number of unbranched alkanes of at least 4 members (excludes halogenated alkanes) is 1. The highest BCUT2D eigenvalue weighted by atomic mass is 16.7. The zero-order chi connectivity index (χ0) is 23.7. The Kier molecular flexibility index (Phi) is 5.94. The average molecular weight is 459 g/mol. The Morgan fingerprint density at radius 3 is 2.26 bits per heavy atom. The second-order valence-corrected chi connectivity index (χ2v) is 8.46. The van der Waals surface area contributed by atoms with Crippen LogP contribution in [0.2, 0.25) is 0 Å². The van der Waals surface area contributed by atoms with Crippen molar-refractivity contribution < 1.29 is 24.3 Å². The summed E-state index contributed by atoms with van der Waals surface area (Å²) in [5, 5.41) is 11.4. The number of carbonyl (C=O) groups excluding carboxylic acids is 2. The Morgan fingerprint density at radius 1 is 0.882 bits per heavy atom. The summed E-state index contributed by atoms with van der Waals surface area (Å²) in [6.45, 7) is 2.72. The van der Waals surface area contributed by atoms with Gasteiger partial charge in [-0.25, -0.2) is 9.96 Å². The molecule has 0 aromatic heterocycles. The maximum atomic E-state index is 13.6. The van der Waals surface area contributed by atoms with Crippen LogP contribution in [-0.4, -0.2) is 29.6 Å². The van der Waals surface area contributed by atoms with E-state index in [4.69, 9.17) is 9.57 Å². The number of anilines is 2. The number of phenolic OH excluding ortho intramolecular Hbond substituents is 1. The summed E-state index contributed by atoms with van der Waals surface area (Å²) in [7, 11) is 0. The van der Waals surface area contributed by atoms with E-state index in [9.17, 15) is 14.7 Å². The Morgan fingerprint density at radius 2 is 1.59 bits per heavy atom. The summed E-state index contributed by atoms with van der Waals surface area (Å²) in [5.41, 5.74) is 2.01. The normalized spacial score (nSPS) is 21.7. The first-order chi connectivity index (χ1) is 16.6. The lowest BCUT2D eigenvalue weighted by atomic mass is 9.90. The van der Waals surface area contributed by atoms with E-state index in [0.717, 1.165) is 24.1 Å². The number of amides is 2. The molecule has 174 valence electrons. The molecule has 0 unspecified atom stereocenters. The number of para-hydroxylation sites is 1. The molecule has 0 saturated carbocycles. The Bertz CT molecular complexity index is 1160. The second kappa shape index (κ2) is 9.19. The molecule has 2 amide bonds. The minimum Gasteiger partial charge on any atom is -0.508 e. The number of ether oxygens (including phenoxy) is 1. The van der Waals surface area contributed by atoms with Crippen molar-refractivity contribution >= 4 is 23.2 Å². The summed E-state index contributed by atoms with van der Waals surface area (Å²) in [4.78, 5) is 34.4. The van der Waals surface area contributed by atoms with Gasteiger partial charge in [0.05, 0.1) is 24.0 Å². The molecule has 3 aromatic rings. The van der Waals surface area contributed by atoms with Crippen LogP contribution in [-0.2, 0) is 14.4 Å². The van der Waals surface area contributed by atoms with Gasteiger partial charge in [-0.1, -0.05) is 43.7 Å². The van der Waals surface area contributed by atoms with Crippen LogP contribution in [0.1, 0.15) is 31.4 Å². The quantitative estimate of drug-likeness (QED) is 0.411. The molecular formula is C27H26N2O5. The molecule has 0 aliphatic carbocycles. The highest BCUT2D eigenvalue weighted by Gasteiger charge is 2.60. The lowest BCUT2D eigenvalue weighted by Gasteiger charge is -2.28. The number of hydrogen-bond donors (Lipinski definition) is 1. The summed E-state index contributed by atoms with van der Waals surface area (Å²) in [6, 6.07) is 22.5. The Labute approximate surface area is 198 Å². The summed E-state index contributed by atoms with van der Waals surface area (Å²) in [5.74, 6) is -0.604. The van der Waals surface area contributed by atoms with Crippen LogP contribution in [0.3, 0.4) is 0 Å². The fourth-order valence-corrected chi connectivity index (χ4v) is 4.50. The first-order valence-electron chi connectivity index (χ1n) is 11.5. The fourth-order valence-electron chi connectivity index (χ4n) is 4.50. The van der Waals surface area contributed by atoms with Crippen molar-refractivity contribution in [3.8, 4) is 11.5 Å². The molecule has 2 aliphatic heterocycles. The number of imide groups is 1. The van der Waals surface area contributed by atoms with Crippen LogP contribution in [0.4, 0.5) is 11.4 Å². The van der Waals surface area contributed by atoms with Crippen LogP contribution in [0, 0.1) is 5.92 Å². The molecule has 3 atom stereocenters. The monoisotopic (exact) mass is 458 g/mol. The molecule has 3 aromatic carbocycles. The van der Waals surface area contributed by atoms with Gasteiger partial charge >= 0.3 is 0 Å². The topological polar surface area (TPSA) is 79.3 Å². The number of benzene rings is 3. The zero-order valence-electron chi connectivity index (χ0n) is 18.8. The van der Waals surface area contributed by atoms with Crippen LogP contribution >= 0.6 is 0 Å². The third-order valence-corrected chi connectivity index (χ3v) is 6.22. The minimum absolute atomic E-state index is 0.127. The molecule has 0 spiro atoms. The van der Waals surface area contributed by atoms with Gasteiger partial charge in [0, 0.05) is 0 Å². The number of hydrogen-bond acceptors (Lipinski definition) is 6. The van der Waals surface area contributed by atoms with Crippen molar-refractivity contribution in [1.29, 1.82) is 0 Å². The fraction of sp³-hybridized carbons (Fsp3) is 0.259. The maximum Gasteiger partial charge on any atom is 0.266 e. The second-order valence-electron chi connectivity index (χ2n) is 8.46. The largest absolute Gasteiger partial charge is 0.508 e. The van der Waals surface area contributed by atoms with Gasteiger partial charge in [0.1, 0.15) is 17.4 Å². The lowest BCUT2D eigenvalue weighted by Crippen LogP contribution is -2.37. The van der Waals surface area contributed by atoms with Gasteiger partial charge in [0.25, 0.3) is 5.91 Å². The Hall–Kier alpha value is -3.84. The zero-order valence-corrected chi connectivity index (χ0v) is 18.8. The molecule has 34 heavy (non-hydrogen) atoms. The maximum absolute atomic E-state index is 13.6. The number of nitrogens with zero attached hydrogens (tertiary/aromatic N) is 2. The van der Waals surface area contributed by atoms with E-state index in [1.807, 2.05) is 30.3 Å². The molecule has 7 heteroatoms. The smallest absolute Gasteiger partial charge is 0.266 e. The van der Waals surface area contributed by atoms with Crippen molar-refractivity contribution in [2.45, 2.75) is 31.9 Å². The third-order valence-electron chi connectivity index (χ3n) is 6.22. The number of phenols is 1. The van der Waals surface area contributed by atoms with Crippen LogP contribution in [0.15, 0.2) is 78.9 Å². The molecule has 2 fully saturated rings. The number of carbonyl (C=O) groups is 2. The molecule has 7 nitrogen and oxygen atoms in total. The van der Waals surface area contributed by atoms with E-state index in [2.05, 4.69) is 6.92 Å². The first-order valence-corrected chi connectivity index (χ1v) is 11.5. The highest BCUT2D eigenvalue weighted by molar-refractivity contribution is 6.23. The highest BCUT2D eigenvalue weighted by Crippen LogP contribution is 2.47. The third kappa shape index (κ3) is 3.88. The van der Waals surface area contributed by atoms with E-state index in [0.29, 0.717) is 18.0 Å². The van der Waals surface area contributed by atoms with Gasteiger partial charge in [0.15, 0.2) is 6.10 Å². The van der Waals surface area contributed by atoms with E-state index in [1.165, 1.54) is 4.90 Å². The molecule has 1 N–H and O–H groups in total. The van der Waals surface area contributed by atoms with Crippen molar-refractivity contribution in [2.75, 3.05) is 16.6 Å². The van der Waals surface area contributed by atoms with E-state index < -0.39 is 24.0 Å². The minimum atomic E-state index is -0.938. The van der Waals surface area contributed by atoms with Crippen molar-refractivity contribution in [2.24, 2.45) is 5.92 Å². The predicted octanol–water partition coefficient (Wildman–Crippen LogP) is 4.62. The van der Waals surface area contributed by atoms with Crippen LogP contribution in [0.5, 0.6) is 11.5 Å². The predicted molar refractivity (Wildman–Crippen MR) is 127 cm³/mol. The number of fused-ring (bicyclic) bond motifs is 1. The number of rotatable bonds is 7. The summed E-state index contributed by atoms with van der Waals surface area (Å²) in [6.07, 6.45) is 1.06. The van der Waals surface area contributed by atoms with E-state index >= 15 is 0 Å². The first kappa shape index (κ1) is 22.0. The molecule has 2 aliphatic rings. The standard InChI is InChI=1S/C27H26N2O5/c1-2-3-17-33-22-15-11-19(12-16-22)28-26(31)23-24(18-9-13-21(30)14-10-18)29(34-25(23)27(28)32)20-7-5-4-6-8-20/h4-16,23-25,30H,2-3,17H2,1H3/t23-,24+,25-/m1/s1. The van der Waals surface area contributed by atoms with Crippen molar-refractivity contribution in [1.82, 2.24) is 0 Å². The van der Waals surface area contributed by atoms with Gasteiger partial charge < -0.3 is 9.84 Å². The molecule has 5 rings (SSSR count). The molecule has 2 heterocycles.